The van der Waals surface area contributed by atoms with E-state index in [1.165, 1.54) is 0 Å². The fourth-order valence-electron chi connectivity index (χ4n) is 2.54. The van der Waals surface area contributed by atoms with Gasteiger partial charge in [-0.05, 0) is 18.2 Å². The van der Waals surface area contributed by atoms with Gasteiger partial charge >= 0.3 is 0 Å². The number of halogens is 1. The monoisotopic (exact) mass is 267 g/mol. The summed E-state index contributed by atoms with van der Waals surface area (Å²) < 4.78 is 5.24. The molecular formula is C13H18ClN3O. The normalized spacial score (nSPS) is 21.9. The van der Waals surface area contributed by atoms with Crippen molar-refractivity contribution < 1.29 is 4.74 Å². The lowest BCUT2D eigenvalue weighted by atomic mass is 10.1. The number of benzene rings is 1. The Balaban J connectivity index is 1.64. The predicted molar refractivity (Wildman–Crippen MR) is 74.3 cm³/mol. The number of rotatable bonds is 2. The summed E-state index contributed by atoms with van der Waals surface area (Å²) in [6.45, 7) is 5.97. The van der Waals surface area contributed by atoms with Crippen molar-refractivity contribution >= 4 is 23.0 Å². The van der Waals surface area contributed by atoms with Crippen LogP contribution in [-0.4, -0.2) is 50.3 Å². The summed E-state index contributed by atoms with van der Waals surface area (Å²) in [7, 11) is 0. The van der Waals surface area contributed by atoms with Gasteiger partial charge in [0.25, 0.3) is 0 Å². The van der Waals surface area contributed by atoms with E-state index in [1.807, 2.05) is 18.2 Å². The Morgan fingerprint density at radius 3 is 2.44 bits per heavy atom. The molecule has 0 atom stereocenters. The molecule has 2 N–H and O–H groups in total. The molecule has 2 saturated heterocycles. The van der Waals surface area contributed by atoms with Gasteiger partial charge in [0, 0.05) is 31.9 Å². The van der Waals surface area contributed by atoms with E-state index in [2.05, 4.69) is 9.80 Å². The molecule has 18 heavy (non-hydrogen) atoms. The first-order valence-electron chi connectivity index (χ1n) is 6.36. The summed E-state index contributed by atoms with van der Waals surface area (Å²) >= 11 is 6.24. The summed E-state index contributed by atoms with van der Waals surface area (Å²) in [4.78, 5) is 4.84. The zero-order chi connectivity index (χ0) is 12.5. The number of ether oxygens (including phenoxy) is 1. The highest BCUT2D eigenvalue weighted by Crippen LogP contribution is 2.29. The van der Waals surface area contributed by atoms with Crippen molar-refractivity contribution in [2.45, 2.75) is 6.04 Å². The van der Waals surface area contributed by atoms with Gasteiger partial charge in [0.05, 0.1) is 30.0 Å². The maximum absolute atomic E-state index is 6.24. The van der Waals surface area contributed by atoms with Crippen LogP contribution in [0.4, 0.5) is 11.4 Å². The van der Waals surface area contributed by atoms with Gasteiger partial charge < -0.3 is 15.4 Å². The van der Waals surface area contributed by atoms with E-state index in [0.29, 0.717) is 11.7 Å². The molecule has 2 aliphatic rings. The molecule has 2 fully saturated rings. The van der Waals surface area contributed by atoms with Gasteiger partial charge in [-0.3, -0.25) is 4.90 Å². The second-order valence-electron chi connectivity index (χ2n) is 4.93. The molecular weight excluding hydrogens is 250 g/mol. The van der Waals surface area contributed by atoms with Crippen LogP contribution in [0.2, 0.25) is 5.02 Å². The number of nitrogens with two attached hydrogens (primary N) is 1. The molecule has 3 rings (SSSR count). The van der Waals surface area contributed by atoms with Crippen molar-refractivity contribution in [1.29, 1.82) is 0 Å². The van der Waals surface area contributed by atoms with Crippen molar-refractivity contribution in [3.8, 4) is 0 Å². The summed E-state index contributed by atoms with van der Waals surface area (Å²) in [5, 5.41) is 0.746. The molecule has 1 aromatic carbocycles. The van der Waals surface area contributed by atoms with E-state index in [1.54, 1.807) is 0 Å². The van der Waals surface area contributed by atoms with Crippen molar-refractivity contribution in [1.82, 2.24) is 4.90 Å². The molecule has 0 radical (unpaired) electrons. The van der Waals surface area contributed by atoms with E-state index in [0.717, 1.165) is 50.1 Å². The second-order valence-corrected chi connectivity index (χ2v) is 5.33. The van der Waals surface area contributed by atoms with Crippen LogP contribution in [0.5, 0.6) is 0 Å². The second kappa shape index (κ2) is 4.96. The van der Waals surface area contributed by atoms with Crippen LogP contribution in [0.1, 0.15) is 0 Å². The van der Waals surface area contributed by atoms with Crippen molar-refractivity contribution in [2.75, 3.05) is 50.0 Å². The summed E-state index contributed by atoms with van der Waals surface area (Å²) in [5.74, 6) is 0. The number of hydrogen-bond donors (Lipinski definition) is 1. The molecule has 0 bridgehead atoms. The lowest BCUT2D eigenvalue weighted by molar-refractivity contribution is -0.0660. The van der Waals surface area contributed by atoms with E-state index >= 15 is 0 Å². The number of nitrogen functional groups attached to an aromatic ring is 1. The third-order valence-corrected chi connectivity index (χ3v) is 4.07. The minimum absolute atomic E-state index is 0.633. The van der Waals surface area contributed by atoms with E-state index < -0.39 is 0 Å². The van der Waals surface area contributed by atoms with Gasteiger partial charge in [0.15, 0.2) is 0 Å². The fraction of sp³-hybridized carbons (Fsp3) is 0.538. The number of anilines is 2. The molecule has 2 heterocycles. The first kappa shape index (κ1) is 12.1. The van der Waals surface area contributed by atoms with Crippen molar-refractivity contribution in [2.24, 2.45) is 0 Å². The quantitative estimate of drug-likeness (QED) is 0.824. The van der Waals surface area contributed by atoms with Gasteiger partial charge in [0.2, 0.25) is 0 Å². The van der Waals surface area contributed by atoms with Crippen molar-refractivity contribution in [3.63, 3.8) is 0 Å². The molecule has 1 aromatic rings. The maximum atomic E-state index is 6.24. The van der Waals surface area contributed by atoms with Gasteiger partial charge in [-0.2, -0.15) is 0 Å². The molecule has 4 nitrogen and oxygen atoms in total. The van der Waals surface area contributed by atoms with Gasteiger partial charge in [-0.25, -0.2) is 0 Å². The SMILES string of the molecule is Nc1ccc(N2CCN(C3COC3)CC2)c(Cl)c1. The third-order valence-electron chi connectivity index (χ3n) is 3.76. The highest BCUT2D eigenvalue weighted by atomic mass is 35.5. The maximum Gasteiger partial charge on any atom is 0.0660 e. The molecule has 2 aliphatic heterocycles. The average molecular weight is 268 g/mol. The number of nitrogens with zero attached hydrogens (tertiary/aromatic N) is 2. The highest BCUT2D eigenvalue weighted by Gasteiger charge is 2.29. The predicted octanol–water partition coefficient (Wildman–Crippen LogP) is 1.44. The van der Waals surface area contributed by atoms with Crippen LogP contribution in [0.25, 0.3) is 0 Å². The van der Waals surface area contributed by atoms with Crippen molar-refractivity contribution in [3.05, 3.63) is 23.2 Å². The lowest BCUT2D eigenvalue weighted by Gasteiger charge is -2.43. The minimum Gasteiger partial charge on any atom is -0.399 e. The minimum atomic E-state index is 0.633. The van der Waals surface area contributed by atoms with Crippen LogP contribution < -0.4 is 10.6 Å². The zero-order valence-electron chi connectivity index (χ0n) is 10.3. The van der Waals surface area contributed by atoms with Crippen LogP contribution in [0.3, 0.4) is 0 Å². The van der Waals surface area contributed by atoms with Crippen LogP contribution in [0, 0.1) is 0 Å². The summed E-state index contributed by atoms with van der Waals surface area (Å²) in [6, 6.07) is 6.38. The standard InChI is InChI=1S/C13H18ClN3O/c14-12-7-10(15)1-2-13(12)17-5-3-16(4-6-17)11-8-18-9-11/h1-2,7,11H,3-6,8-9,15H2. The Morgan fingerprint density at radius 1 is 1.17 bits per heavy atom. The fourth-order valence-corrected chi connectivity index (χ4v) is 2.85. The first-order chi connectivity index (χ1) is 8.74. The Kier molecular flexibility index (Phi) is 3.33. The number of piperazine rings is 1. The van der Waals surface area contributed by atoms with Gasteiger partial charge in [-0.15, -0.1) is 0 Å². The van der Waals surface area contributed by atoms with Crippen LogP contribution >= 0.6 is 11.6 Å². The molecule has 0 unspecified atom stereocenters. The molecule has 0 aromatic heterocycles. The molecule has 0 amide bonds. The summed E-state index contributed by atoms with van der Waals surface area (Å²) in [5.41, 5.74) is 7.53. The molecule has 0 spiro atoms. The topological polar surface area (TPSA) is 41.7 Å². The first-order valence-corrected chi connectivity index (χ1v) is 6.73. The van der Waals surface area contributed by atoms with E-state index in [-0.39, 0.29) is 0 Å². The third kappa shape index (κ3) is 2.28. The largest absolute Gasteiger partial charge is 0.399 e. The highest BCUT2D eigenvalue weighted by molar-refractivity contribution is 6.33. The lowest BCUT2D eigenvalue weighted by Crippen LogP contribution is -2.56. The molecule has 5 heteroatoms. The van der Waals surface area contributed by atoms with Crippen LogP contribution in [0.15, 0.2) is 18.2 Å². The smallest absolute Gasteiger partial charge is 0.0660 e. The number of hydrogen-bond acceptors (Lipinski definition) is 4. The van der Waals surface area contributed by atoms with E-state index in [9.17, 15) is 0 Å². The van der Waals surface area contributed by atoms with Crippen LogP contribution in [-0.2, 0) is 4.74 Å². The average Bonchev–Trinajstić information content (AvgIpc) is 2.28. The summed E-state index contributed by atoms with van der Waals surface area (Å²) in [6.07, 6.45) is 0. The Hall–Kier alpha value is -0.970. The Bertz CT molecular complexity index is 428. The van der Waals surface area contributed by atoms with Gasteiger partial charge in [-0.1, -0.05) is 11.6 Å². The zero-order valence-corrected chi connectivity index (χ0v) is 11.1. The Morgan fingerprint density at radius 2 is 1.89 bits per heavy atom. The molecule has 0 saturated carbocycles. The molecule has 98 valence electrons. The Labute approximate surface area is 112 Å². The van der Waals surface area contributed by atoms with Gasteiger partial charge in [0.1, 0.15) is 0 Å². The molecule has 0 aliphatic carbocycles. The van der Waals surface area contributed by atoms with E-state index in [4.69, 9.17) is 22.1 Å².